The minimum atomic E-state index is -0.440. The largest absolute Gasteiger partial charge is 0.369 e. The van der Waals surface area contributed by atoms with E-state index in [2.05, 4.69) is 49.0 Å². The number of nitrogens with one attached hydrogen (secondary N) is 1. The number of rotatable bonds is 6. The molecule has 0 radical (unpaired) electrons. The molecule has 1 aromatic carbocycles. The van der Waals surface area contributed by atoms with Crippen LogP contribution in [-0.2, 0) is 9.53 Å². The van der Waals surface area contributed by atoms with E-state index in [9.17, 15) is 4.79 Å². The number of likely N-dealkylation sites (N-methyl/N-ethyl adjacent to an activating group) is 1. The van der Waals surface area contributed by atoms with Crippen LogP contribution in [0.2, 0.25) is 0 Å². The van der Waals surface area contributed by atoms with E-state index in [-0.39, 0.29) is 5.91 Å². The molecule has 0 spiro atoms. The van der Waals surface area contributed by atoms with Crippen LogP contribution in [0.4, 0.5) is 11.4 Å². The summed E-state index contributed by atoms with van der Waals surface area (Å²) in [6, 6.07) is 6.13. The fourth-order valence-electron chi connectivity index (χ4n) is 2.79. The van der Waals surface area contributed by atoms with Crippen LogP contribution in [0, 0.1) is 12.8 Å². The summed E-state index contributed by atoms with van der Waals surface area (Å²) >= 11 is 0. The van der Waals surface area contributed by atoms with Crippen molar-refractivity contribution in [1.82, 2.24) is 4.90 Å². The SMILES string of the molecule is Cc1cc(NC(=O)C(C)OCC(C)C)ccc1N1CCN(C)CC1. The number of hydrogen-bond acceptors (Lipinski definition) is 4. The van der Waals surface area contributed by atoms with E-state index >= 15 is 0 Å². The van der Waals surface area contributed by atoms with Gasteiger partial charge in [0.15, 0.2) is 0 Å². The Morgan fingerprint density at radius 1 is 1.21 bits per heavy atom. The van der Waals surface area contributed by atoms with Gasteiger partial charge >= 0.3 is 0 Å². The maximum absolute atomic E-state index is 12.2. The highest BCUT2D eigenvalue weighted by atomic mass is 16.5. The van der Waals surface area contributed by atoms with Crippen LogP contribution in [0.15, 0.2) is 18.2 Å². The Bertz CT molecular complexity index is 552. The van der Waals surface area contributed by atoms with Crippen molar-refractivity contribution in [3.63, 3.8) is 0 Å². The normalized spacial score (nSPS) is 17.2. The topological polar surface area (TPSA) is 44.8 Å². The van der Waals surface area contributed by atoms with Gasteiger partial charge in [0, 0.05) is 44.2 Å². The maximum Gasteiger partial charge on any atom is 0.253 e. The molecule has 1 atom stereocenters. The lowest BCUT2D eigenvalue weighted by molar-refractivity contribution is -0.126. The van der Waals surface area contributed by atoms with Crippen molar-refractivity contribution >= 4 is 17.3 Å². The highest BCUT2D eigenvalue weighted by molar-refractivity contribution is 5.94. The first kappa shape index (κ1) is 18.7. The van der Waals surface area contributed by atoms with Crippen LogP contribution in [0.3, 0.4) is 0 Å². The van der Waals surface area contributed by atoms with Crippen molar-refractivity contribution in [1.29, 1.82) is 0 Å². The van der Waals surface area contributed by atoms with Gasteiger partial charge in [-0.15, -0.1) is 0 Å². The van der Waals surface area contributed by atoms with Crippen molar-refractivity contribution in [3.05, 3.63) is 23.8 Å². The highest BCUT2D eigenvalue weighted by Gasteiger charge is 2.17. The average Bonchev–Trinajstić information content (AvgIpc) is 2.53. The van der Waals surface area contributed by atoms with E-state index in [1.54, 1.807) is 6.92 Å². The molecule has 1 amide bonds. The maximum atomic E-state index is 12.2. The number of carbonyl (C=O) groups is 1. The summed E-state index contributed by atoms with van der Waals surface area (Å²) in [5.41, 5.74) is 3.27. The minimum absolute atomic E-state index is 0.0950. The van der Waals surface area contributed by atoms with E-state index in [0.29, 0.717) is 12.5 Å². The predicted molar refractivity (Wildman–Crippen MR) is 99.8 cm³/mol. The number of benzene rings is 1. The molecule has 1 heterocycles. The van der Waals surface area contributed by atoms with Gasteiger partial charge in [-0.1, -0.05) is 13.8 Å². The molecule has 1 unspecified atom stereocenters. The molecule has 1 N–H and O–H groups in total. The van der Waals surface area contributed by atoms with Crippen molar-refractivity contribution in [3.8, 4) is 0 Å². The molecule has 1 fully saturated rings. The number of anilines is 2. The number of carbonyl (C=O) groups excluding carboxylic acids is 1. The summed E-state index contributed by atoms with van der Waals surface area (Å²) in [4.78, 5) is 17.0. The second-order valence-corrected chi connectivity index (χ2v) is 7.15. The van der Waals surface area contributed by atoms with Crippen LogP contribution in [-0.4, -0.2) is 56.7 Å². The third-order valence-electron chi connectivity index (χ3n) is 4.36. The van der Waals surface area contributed by atoms with E-state index in [0.717, 1.165) is 31.9 Å². The van der Waals surface area contributed by atoms with Crippen LogP contribution >= 0.6 is 0 Å². The van der Waals surface area contributed by atoms with Crippen LogP contribution in [0.25, 0.3) is 0 Å². The standard InChI is InChI=1S/C19H31N3O2/c1-14(2)13-24-16(4)19(23)20-17-6-7-18(15(3)12-17)22-10-8-21(5)9-11-22/h6-7,12,14,16H,8-11,13H2,1-5H3,(H,20,23). The van der Waals surface area contributed by atoms with Gasteiger partial charge in [-0.05, 0) is 50.6 Å². The molecular formula is C19H31N3O2. The van der Waals surface area contributed by atoms with Crippen molar-refractivity contribution in [2.45, 2.75) is 33.8 Å². The summed E-state index contributed by atoms with van der Waals surface area (Å²) in [7, 11) is 2.16. The smallest absolute Gasteiger partial charge is 0.253 e. The molecule has 1 aliphatic rings. The molecule has 5 nitrogen and oxygen atoms in total. The number of aryl methyl sites for hydroxylation is 1. The van der Waals surface area contributed by atoms with Gasteiger partial charge < -0.3 is 19.9 Å². The summed E-state index contributed by atoms with van der Waals surface area (Å²) in [6.07, 6.45) is -0.440. The number of piperazine rings is 1. The first-order chi connectivity index (χ1) is 11.4. The second kappa shape index (κ2) is 8.49. The van der Waals surface area contributed by atoms with E-state index in [1.807, 2.05) is 12.1 Å². The van der Waals surface area contributed by atoms with Gasteiger partial charge in [0.2, 0.25) is 0 Å². The third-order valence-corrected chi connectivity index (χ3v) is 4.36. The van der Waals surface area contributed by atoms with Crippen LogP contribution in [0.1, 0.15) is 26.3 Å². The first-order valence-electron chi connectivity index (χ1n) is 8.83. The average molecular weight is 333 g/mol. The van der Waals surface area contributed by atoms with Crippen LogP contribution in [0.5, 0.6) is 0 Å². The summed E-state index contributed by atoms with van der Waals surface area (Å²) in [5, 5.41) is 2.95. The molecule has 5 heteroatoms. The molecule has 134 valence electrons. The lowest BCUT2D eigenvalue weighted by Crippen LogP contribution is -2.44. The summed E-state index contributed by atoms with van der Waals surface area (Å²) in [5.74, 6) is 0.327. The molecular weight excluding hydrogens is 302 g/mol. The van der Waals surface area contributed by atoms with Crippen molar-refractivity contribution in [2.75, 3.05) is 50.1 Å². The minimum Gasteiger partial charge on any atom is -0.369 e. The Hall–Kier alpha value is -1.59. The fraction of sp³-hybridized carbons (Fsp3) is 0.632. The van der Waals surface area contributed by atoms with Gasteiger partial charge in [-0.3, -0.25) is 4.79 Å². The van der Waals surface area contributed by atoms with E-state index in [1.165, 1.54) is 11.3 Å². The summed E-state index contributed by atoms with van der Waals surface area (Å²) in [6.45, 7) is 12.9. The van der Waals surface area contributed by atoms with Gasteiger partial charge in [0.1, 0.15) is 6.10 Å². The quantitative estimate of drug-likeness (QED) is 0.869. The monoisotopic (exact) mass is 333 g/mol. The Morgan fingerprint density at radius 3 is 2.46 bits per heavy atom. The molecule has 0 bridgehead atoms. The molecule has 0 aromatic heterocycles. The summed E-state index contributed by atoms with van der Waals surface area (Å²) < 4.78 is 5.57. The zero-order chi connectivity index (χ0) is 17.7. The second-order valence-electron chi connectivity index (χ2n) is 7.15. The molecule has 2 rings (SSSR count). The Labute approximate surface area is 146 Å². The van der Waals surface area contributed by atoms with Crippen LogP contribution < -0.4 is 10.2 Å². The van der Waals surface area contributed by atoms with E-state index in [4.69, 9.17) is 4.74 Å². The van der Waals surface area contributed by atoms with E-state index < -0.39 is 6.10 Å². The van der Waals surface area contributed by atoms with Gasteiger partial charge in [-0.25, -0.2) is 0 Å². The third kappa shape index (κ3) is 5.21. The zero-order valence-corrected chi connectivity index (χ0v) is 15.6. The van der Waals surface area contributed by atoms with Crippen molar-refractivity contribution in [2.24, 2.45) is 5.92 Å². The highest BCUT2D eigenvalue weighted by Crippen LogP contribution is 2.24. The number of ether oxygens (including phenoxy) is 1. The molecule has 1 saturated heterocycles. The zero-order valence-electron chi connectivity index (χ0n) is 15.6. The molecule has 1 aromatic rings. The van der Waals surface area contributed by atoms with Crippen molar-refractivity contribution < 1.29 is 9.53 Å². The van der Waals surface area contributed by atoms with Gasteiger partial charge in [-0.2, -0.15) is 0 Å². The number of amides is 1. The number of nitrogens with zero attached hydrogens (tertiary/aromatic N) is 2. The Morgan fingerprint density at radius 2 is 1.88 bits per heavy atom. The van der Waals surface area contributed by atoms with Gasteiger partial charge in [0.05, 0.1) is 0 Å². The fourth-order valence-corrected chi connectivity index (χ4v) is 2.79. The predicted octanol–water partition coefficient (Wildman–Crippen LogP) is 2.75. The molecule has 24 heavy (non-hydrogen) atoms. The first-order valence-corrected chi connectivity index (χ1v) is 8.83. The Kier molecular flexibility index (Phi) is 6.63. The Balaban J connectivity index is 1.95. The molecule has 1 aliphatic heterocycles. The number of hydrogen-bond donors (Lipinski definition) is 1. The lowest BCUT2D eigenvalue weighted by atomic mass is 10.1. The molecule has 0 saturated carbocycles. The van der Waals surface area contributed by atoms with Gasteiger partial charge in [0.25, 0.3) is 5.91 Å². The lowest BCUT2D eigenvalue weighted by Gasteiger charge is -2.35. The molecule has 0 aliphatic carbocycles.